The Bertz CT molecular complexity index is 92.9. The molecule has 11 heavy (non-hydrogen) atoms. The van der Waals surface area contributed by atoms with Gasteiger partial charge in [0.2, 0.25) is 0 Å². The first-order valence-electron chi connectivity index (χ1n) is 2.77. The SMILES string of the molecule is CC(=O)OCl.OCC(O)CO. The molecule has 6 heteroatoms. The zero-order valence-electron chi connectivity index (χ0n) is 6.03. The largest absolute Gasteiger partial charge is 0.394 e. The predicted molar refractivity (Wildman–Crippen MR) is 37.8 cm³/mol. The average molecular weight is 187 g/mol. The molecule has 0 saturated carbocycles. The first kappa shape index (κ1) is 13.2. The fourth-order valence-corrected chi connectivity index (χ4v) is 0.0577. The van der Waals surface area contributed by atoms with E-state index < -0.39 is 12.1 Å². The van der Waals surface area contributed by atoms with Gasteiger partial charge in [-0.15, -0.1) is 0 Å². The highest BCUT2D eigenvalue weighted by Gasteiger charge is 1.93. The zero-order chi connectivity index (χ0) is 9.28. The van der Waals surface area contributed by atoms with E-state index in [0.717, 1.165) is 0 Å². The molecule has 0 aliphatic carbocycles. The van der Waals surface area contributed by atoms with E-state index in [0.29, 0.717) is 0 Å². The predicted octanol–water partition coefficient (Wildman–Crippen LogP) is -0.965. The van der Waals surface area contributed by atoms with E-state index in [-0.39, 0.29) is 13.2 Å². The van der Waals surface area contributed by atoms with Crippen molar-refractivity contribution in [3.05, 3.63) is 0 Å². The van der Waals surface area contributed by atoms with Crippen molar-refractivity contribution in [2.45, 2.75) is 13.0 Å². The van der Waals surface area contributed by atoms with Gasteiger partial charge in [-0.1, -0.05) is 0 Å². The molecule has 0 aromatic rings. The molecule has 0 heterocycles. The number of aliphatic hydroxyl groups is 3. The molecule has 0 spiro atoms. The van der Waals surface area contributed by atoms with Crippen LogP contribution in [0, 0.1) is 0 Å². The van der Waals surface area contributed by atoms with Crippen LogP contribution in [0.2, 0.25) is 0 Å². The van der Waals surface area contributed by atoms with Crippen LogP contribution in [0.25, 0.3) is 0 Å². The Kier molecular flexibility index (Phi) is 11.6. The van der Waals surface area contributed by atoms with Gasteiger partial charge in [0.25, 0.3) is 0 Å². The van der Waals surface area contributed by atoms with E-state index in [1.165, 1.54) is 6.92 Å². The van der Waals surface area contributed by atoms with Gasteiger partial charge in [0.1, 0.15) is 18.0 Å². The minimum atomic E-state index is -0.954. The van der Waals surface area contributed by atoms with Gasteiger partial charge < -0.3 is 19.6 Å². The monoisotopic (exact) mass is 186 g/mol. The molecule has 0 bridgehead atoms. The van der Waals surface area contributed by atoms with Crippen molar-refractivity contribution in [1.82, 2.24) is 0 Å². The second-order valence-electron chi connectivity index (χ2n) is 1.59. The van der Waals surface area contributed by atoms with Crippen molar-refractivity contribution in [1.29, 1.82) is 0 Å². The maximum atomic E-state index is 9.46. The van der Waals surface area contributed by atoms with Crippen LogP contribution < -0.4 is 0 Å². The summed E-state index contributed by atoms with van der Waals surface area (Å²) in [5, 5.41) is 24.0. The maximum absolute atomic E-state index is 9.46. The lowest BCUT2D eigenvalue weighted by Crippen LogP contribution is -2.15. The second kappa shape index (κ2) is 9.64. The standard InChI is InChI=1S/C3H8O3.C2H3ClO2/c4-1-3(6)2-5;1-2(4)5-3/h3-6H,1-2H2;1H3. The molecule has 0 radical (unpaired) electrons. The lowest BCUT2D eigenvalue weighted by atomic mass is 10.4. The summed E-state index contributed by atoms with van der Waals surface area (Å²) in [6.45, 7) is 0.500. The molecule has 0 atom stereocenters. The van der Waals surface area contributed by atoms with Gasteiger partial charge in [-0.25, -0.2) is 0 Å². The van der Waals surface area contributed by atoms with Crippen LogP contribution in [-0.4, -0.2) is 40.6 Å². The highest BCUT2D eigenvalue weighted by atomic mass is 35.5. The van der Waals surface area contributed by atoms with Crippen molar-refractivity contribution in [3.63, 3.8) is 0 Å². The Morgan fingerprint density at radius 3 is 1.82 bits per heavy atom. The number of halogens is 1. The van der Waals surface area contributed by atoms with Gasteiger partial charge >= 0.3 is 5.97 Å². The quantitative estimate of drug-likeness (QED) is 0.517. The highest BCUT2D eigenvalue weighted by molar-refractivity contribution is 6.12. The van der Waals surface area contributed by atoms with Gasteiger partial charge in [-0.3, -0.25) is 4.79 Å². The smallest absolute Gasteiger partial charge is 0.321 e. The molecule has 0 amide bonds. The lowest BCUT2D eigenvalue weighted by Gasteiger charge is -1.96. The van der Waals surface area contributed by atoms with Gasteiger partial charge in [0.15, 0.2) is 0 Å². The summed E-state index contributed by atoms with van der Waals surface area (Å²) in [7, 11) is 0. The molecule has 0 unspecified atom stereocenters. The number of carbonyl (C=O) groups is 1. The number of aliphatic hydroxyl groups excluding tert-OH is 3. The van der Waals surface area contributed by atoms with Crippen molar-refractivity contribution in [2.24, 2.45) is 0 Å². The van der Waals surface area contributed by atoms with Crippen LogP contribution in [-0.2, 0) is 9.08 Å². The van der Waals surface area contributed by atoms with E-state index in [2.05, 4.69) is 16.2 Å². The van der Waals surface area contributed by atoms with Crippen molar-refractivity contribution in [2.75, 3.05) is 13.2 Å². The van der Waals surface area contributed by atoms with E-state index in [9.17, 15) is 4.79 Å². The van der Waals surface area contributed by atoms with Gasteiger partial charge in [0.05, 0.1) is 13.2 Å². The Morgan fingerprint density at radius 2 is 1.82 bits per heavy atom. The molecular weight excluding hydrogens is 176 g/mol. The lowest BCUT2D eigenvalue weighted by molar-refractivity contribution is -0.131. The summed E-state index contributed by atoms with van der Waals surface area (Å²) in [5.74, 6) is -0.480. The van der Waals surface area contributed by atoms with Gasteiger partial charge in [0, 0.05) is 6.92 Å². The third kappa shape index (κ3) is 17.7. The molecule has 5 nitrogen and oxygen atoms in total. The molecule has 0 saturated heterocycles. The van der Waals surface area contributed by atoms with Crippen LogP contribution in [0.5, 0.6) is 0 Å². The Hall–Kier alpha value is -0.360. The fraction of sp³-hybridized carbons (Fsp3) is 0.800. The third-order valence-electron chi connectivity index (χ3n) is 0.530. The molecule has 0 aliphatic rings. The number of rotatable bonds is 2. The summed E-state index contributed by atoms with van der Waals surface area (Å²) < 4.78 is 3.58. The summed E-state index contributed by atoms with van der Waals surface area (Å²) >= 11 is 4.49. The van der Waals surface area contributed by atoms with E-state index in [1.54, 1.807) is 0 Å². The van der Waals surface area contributed by atoms with Gasteiger partial charge in [-0.2, -0.15) is 0 Å². The minimum Gasteiger partial charge on any atom is -0.394 e. The number of carbonyl (C=O) groups excluding carboxylic acids is 1. The summed E-state index contributed by atoms with van der Waals surface area (Å²) in [6.07, 6.45) is -0.954. The topological polar surface area (TPSA) is 87.0 Å². The average Bonchev–Trinajstić information content (AvgIpc) is 2.04. The highest BCUT2D eigenvalue weighted by Crippen LogP contribution is 1.75. The Labute approximate surface area is 69.3 Å². The molecular formula is C5H11ClO5. The molecule has 0 aliphatic heterocycles. The van der Waals surface area contributed by atoms with E-state index >= 15 is 0 Å². The molecule has 3 N–H and O–H groups in total. The first-order chi connectivity index (χ1) is 5.08. The summed E-state index contributed by atoms with van der Waals surface area (Å²) in [5.41, 5.74) is 0. The second-order valence-corrected chi connectivity index (χ2v) is 1.74. The Morgan fingerprint density at radius 1 is 1.55 bits per heavy atom. The van der Waals surface area contributed by atoms with Crippen LogP contribution >= 0.6 is 11.9 Å². The molecule has 0 fully saturated rings. The van der Waals surface area contributed by atoms with Gasteiger partial charge in [-0.05, 0) is 0 Å². The van der Waals surface area contributed by atoms with Crippen LogP contribution in [0.15, 0.2) is 0 Å². The van der Waals surface area contributed by atoms with Crippen molar-refractivity contribution >= 4 is 17.8 Å². The number of hydrogen-bond donors (Lipinski definition) is 3. The first-order valence-corrected chi connectivity index (χ1v) is 3.08. The fourth-order valence-electron chi connectivity index (χ4n) is 0.0577. The molecule has 0 aromatic heterocycles. The molecule has 68 valence electrons. The number of hydrogen-bond acceptors (Lipinski definition) is 5. The van der Waals surface area contributed by atoms with Crippen molar-refractivity contribution < 1.29 is 24.4 Å². The zero-order valence-corrected chi connectivity index (χ0v) is 6.78. The van der Waals surface area contributed by atoms with E-state index in [1.807, 2.05) is 0 Å². The van der Waals surface area contributed by atoms with Crippen molar-refractivity contribution in [3.8, 4) is 0 Å². The van der Waals surface area contributed by atoms with Crippen LogP contribution in [0.1, 0.15) is 6.92 Å². The summed E-state index contributed by atoms with van der Waals surface area (Å²) in [4.78, 5) is 9.46. The molecule has 0 rings (SSSR count). The molecule has 0 aromatic carbocycles. The summed E-state index contributed by atoms with van der Waals surface area (Å²) in [6, 6.07) is 0. The van der Waals surface area contributed by atoms with Crippen LogP contribution in [0.4, 0.5) is 0 Å². The third-order valence-corrected chi connectivity index (χ3v) is 0.747. The van der Waals surface area contributed by atoms with Crippen LogP contribution in [0.3, 0.4) is 0 Å². The Balaban J connectivity index is 0. The maximum Gasteiger partial charge on any atom is 0.321 e. The minimum absolute atomic E-state index is 0.365. The normalized spacial score (nSPS) is 8.55. The van der Waals surface area contributed by atoms with E-state index in [4.69, 9.17) is 15.3 Å².